The van der Waals surface area contributed by atoms with Crippen LogP contribution in [0.4, 0.5) is 0 Å². The number of hydrogen-bond donors (Lipinski definition) is 1. The molecule has 0 fully saturated rings. The van der Waals surface area contributed by atoms with Gasteiger partial charge in [-0.05, 0) is 30.7 Å². The number of furan rings is 1. The summed E-state index contributed by atoms with van der Waals surface area (Å²) in [6.45, 7) is 2.35. The van der Waals surface area contributed by atoms with Gasteiger partial charge in [0, 0.05) is 28.7 Å². The Morgan fingerprint density at radius 2 is 1.79 bits per heavy atom. The zero-order chi connectivity index (χ0) is 19.9. The van der Waals surface area contributed by atoms with Crippen molar-refractivity contribution in [2.24, 2.45) is 0 Å². The first-order valence-corrected chi connectivity index (χ1v) is 10.4. The van der Waals surface area contributed by atoms with E-state index in [2.05, 4.69) is 5.32 Å². The van der Waals surface area contributed by atoms with Crippen molar-refractivity contribution < 1.29 is 18.2 Å². The molecule has 0 saturated heterocycles. The van der Waals surface area contributed by atoms with Crippen LogP contribution in [0.1, 0.15) is 33.0 Å². The van der Waals surface area contributed by atoms with E-state index in [9.17, 15) is 9.00 Å². The maximum absolute atomic E-state index is 12.4. The van der Waals surface area contributed by atoms with Gasteiger partial charge in [-0.25, -0.2) is 0 Å². The summed E-state index contributed by atoms with van der Waals surface area (Å²) in [6.07, 6.45) is 0. The van der Waals surface area contributed by atoms with Crippen LogP contribution < -0.4 is 10.1 Å². The molecule has 2 aromatic carbocycles. The lowest BCUT2D eigenvalue weighted by Gasteiger charge is -2.08. The van der Waals surface area contributed by atoms with Crippen molar-refractivity contribution in [2.75, 3.05) is 7.11 Å². The van der Waals surface area contributed by atoms with Gasteiger partial charge < -0.3 is 14.5 Å². The fourth-order valence-corrected chi connectivity index (χ4v) is 3.91. The molecular formula is C22H23NO4S. The third kappa shape index (κ3) is 5.33. The first-order valence-electron chi connectivity index (χ1n) is 8.94. The van der Waals surface area contributed by atoms with E-state index in [0.717, 1.165) is 16.9 Å². The van der Waals surface area contributed by atoms with E-state index >= 15 is 0 Å². The Labute approximate surface area is 167 Å². The van der Waals surface area contributed by atoms with Gasteiger partial charge >= 0.3 is 0 Å². The van der Waals surface area contributed by atoms with Crippen LogP contribution in [0, 0.1) is 6.92 Å². The van der Waals surface area contributed by atoms with Crippen LogP contribution in [0.2, 0.25) is 0 Å². The fourth-order valence-electron chi connectivity index (χ4n) is 2.77. The maximum Gasteiger partial charge on any atom is 0.287 e. The van der Waals surface area contributed by atoms with Crippen LogP contribution in [0.5, 0.6) is 5.75 Å². The van der Waals surface area contributed by atoms with E-state index in [-0.39, 0.29) is 17.4 Å². The maximum atomic E-state index is 12.4. The highest BCUT2D eigenvalue weighted by Crippen LogP contribution is 2.17. The van der Waals surface area contributed by atoms with Gasteiger partial charge in [-0.2, -0.15) is 0 Å². The molecule has 28 heavy (non-hydrogen) atoms. The highest BCUT2D eigenvalue weighted by Gasteiger charge is 2.14. The largest absolute Gasteiger partial charge is 0.496 e. The Morgan fingerprint density at radius 3 is 2.54 bits per heavy atom. The molecule has 1 unspecified atom stereocenters. The molecule has 1 heterocycles. The van der Waals surface area contributed by atoms with E-state index < -0.39 is 10.8 Å². The molecule has 0 aliphatic carbocycles. The first-order chi connectivity index (χ1) is 13.5. The molecule has 3 rings (SSSR count). The van der Waals surface area contributed by atoms with E-state index in [0.29, 0.717) is 18.1 Å². The molecule has 1 N–H and O–H groups in total. The number of amides is 1. The Kier molecular flexibility index (Phi) is 6.66. The summed E-state index contributed by atoms with van der Waals surface area (Å²) in [5, 5.41) is 2.81. The summed E-state index contributed by atoms with van der Waals surface area (Å²) in [5.41, 5.74) is 3.07. The van der Waals surface area contributed by atoms with Crippen molar-refractivity contribution in [1.82, 2.24) is 5.32 Å². The molecule has 5 nitrogen and oxygen atoms in total. The SMILES string of the molecule is COc1ccccc1CNC(=O)c1ccc(CS(=O)Cc2ccc(C)cc2)o1. The predicted octanol–water partition coefficient (Wildman–Crippen LogP) is 3.98. The van der Waals surface area contributed by atoms with Crippen molar-refractivity contribution >= 4 is 16.7 Å². The zero-order valence-corrected chi connectivity index (χ0v) is 16.8. The fraction of sp³-hybridized carbons (Fsp3) is 0.227. The molecule has 0 aliphatic rings. The second kappa shape index (κ2) is 9.37. The van der Waals surface area contributed by atoms with Gasteiger partial charge in [0.1, 0.15) is 11.5 Å². The number of para-hydroxylation sites is 1. The number of ether oxygens (including phenoxy) is 1. The van der Waals surface area contributed by atoms with Gasteiger partial charge in [-0.3, -0.25) is 9.00 Å². The number of aryl methyl sites for hydroxylation is 1. The van der Waals surface area contributed by atoms with E-state index in [1.54, 1.807) is 19.2 Å². The molecule has 3 aromatic rings. The van der Waals surface area contributed by atoms with Crippen LogP contribution in [0.15, 0.2) is 65.1 Å². The van der Waals surface area contributed by atoms with Crippen LogP contribution in [0.25, 0.3) is 0 Å². The highest BCUT2D eigenvalue weighted by atomic mass is 32.2. The summed E-state index contributed by atoms with van der Waals surface area (Å²) < 4.78 is 23.2. The summed E-state index contributed by atoms with van der Waals surface area (Å²) in [4.78, 5) is 12.3. The van der Waals surface area contributed by atoms with Crippen molar-refractivity contribution in [2.45, 2.75) is 25.0 Å². The lowest BCUT2D eigenvalue weighted by Crippen LogP contribution is -2.22. The number of carbonyl (C=O) groups excluding carboxylic acids is 1. The molecule has 0 spiro atoms. The molecule has 6 heteroatoms. The number of carbonyl (C=O) groups is 1. The van der Waals surface area contributed by atoms with Crippen LogP contribution in [-0.2, 0) is 28.9 Å². The molecule has 1 atom stereocenters. The molecule has 0 saturated carbocycles. The zero-order valence-electron chi connectivity index (χ0n) is 15.9. The number of nitrogens with one attached hydrogen (secondary N) is 1. The van der Waals surface area contributed by atoms with Gasteiger partial charge in [-0.1, -0.05) is 48.0 Å². The van der Waals surface area contributed by atoms with Crippen LogP contribution >= 0.6 is 0 Å². The van der Waals surface area contributed by atoms with E-state index in [1.807, 2.05) is 55.5 Å². The summed E-state index contributed by atoms with van der Waals surface area (Å²) in [7, 11) is 0.485. The molecule has 0 aliphatic heterocycles. The molecule has 0 bridgehead atoms. The lowest BCUT2D eigenvalue weighted by molar-refractivity contribution is 0.0921. The molecule has 1 aromatic heterocycles. The average molecular weight is 397 g/mol. The van der Waals surface area contributed by atoms with Gasteiger partial charge in [0.05, 0.1) is 12.9 Å². The second-order valence-electron chi connectivity index (χ2n) is 6.47. The average Bonchev–Trinajstić information content (AvgIpc) is 3.16. The number of methoxy groups -OCH3 is 1. The van der Waals surface area contributed by atoms with Crippen molar-refractivity contribution in [1.29, 1.82) is 0 Å². The minimum atomic E-state index is -1.11. The molecule has 0 radical (unpaired) electrons. The van der Waals surface area contributed by atoms with Gasteiger partial charge in [0.2, 0.25) is 0 Å². The smallest absolute Gasteiger partial charge is 0.287 e. The molecular weight excluding hydrogens is 374 g/mol. The van der Waals surface area contributed by atoms with Crippen molar-refractivity contribution in [3.05, 3.63) is 88.9 Å². The standard InChI is InChI=1S/C22H23NO4S/c1-16-7-9-17(10-8-16)14-28(25)15-19-11-12-21(27-19)22(24)23-13-18-5-3-4-6-20(18)26-2/h3-12H,13-15H2,1-2H3,(H,23,24). The number of rotatable bonds is 8. The minimum Gasteiger partial charge on any atom is -0.496 e. The van der Waals surface area contributed by atoms with Crippen molar-refractivity contribution in [3.63, 3.8) is 0 Å². The third-order valence-electron chi connectivity index (χ3n) is 4.27. The lowest BCUT2D eigenvalue weighted by atomic mass is 10.2. The Morgan fingerprint density at radius 1 is 1.04 bits per heavy atom. The second-order valence-corrected chi connectivity index (χ2v) is 7.93. The van der Waals surface area contributed by atoms with Crippen molar-refractivity contribution in [3.8, 4) is 5.75 Å². The van der Waals surface area contributed by atoms with Gasteiger partial charge in [-0.15, -0.1) is 0 Å². The quantitative estimate of drug-likeness (QED) is 0.624. The molecule has 1 amide bonds. The summed E-state index contributed by atoms with van der Waals surface area (Å²) in [6, 6.07) is 18.8. The van der Waals surface area contributed by atoms with Gasteiger partial charge in [0.25, 0.3) is 5.91 Å². The Bertz CT molecular complexity index is 963. The predicted molar refractivity (Wildman–Crippen MR) is 110 cm³/mol. The van der Waals surface area contributed by atoms with E-state index in [4.69, 9.17) is 9.15 Å². The third-order valence-corrected chi connectivity index (χ3v) is 5.53. The topological polar surface area (TPSA) is 68.5 Å². The highest BCUT2D eigenvalue weighted by molar-refractivity contribution is 7.83. The number of benzene rings is 2. The minimum absolute atomic E-state index is 0.206. The number of hydrogen-bond acceptors (Lipinski definition) is 4. The monoisotopic (exact) mass is 397 g/mol. The first kappa shape index (κ1) is 19.9. The van der Waals surface area contributed by atoms with E-state index in [1.165, 1.54) is 5.56 Å². The molecule has 146 valence electrons. The van der Waals surface area contributed by atoms with Crippen LogP contribution in [-0.4, -0.2) is 17.2 Å². The summed E-state index contributed by atoms with van der Waals surface area (Å²) in [5.74, 6) is 1.87. The van der Waals surface area contributed by atoms with Crippen LogP contribution in [0.3, 0.4) is 0 Å². The Balaban J connectivity index is 1.54. The normalized spacial score (nSPS) is 11.8. The Hall–Kier alpha value is -2.86. The van der Waals surface area contributed by atoms with Gasteiger partial charge in [0.15, 0.2) is 5.76 Å². The summed E-state index contributed by atoms with van der Waals surface area (Å²) >= 11 is 0.